The highest BCUT2D eigenvalue weighted by molar-refractivity contribution is 6.09. The second-order valence-electron chi connectivity index (χ2n) is 9.49. The minimum atomic E-state index is -0.444. The van der Waals surface area contributed by atoms with E-state index in [0.29, 0.717) is 11.3 Å². The molecule has 2 aliphatic rings. The van der Waals surface area contributed by atoms with E-state index in [4.69, 9.17) is 9.47 Å². The van der Waals surface area contributed by atoms with Gasteiger partial charge in [-0.3, -0.25) is 14.9 Å². The van der Waals surface area contributed by atoms with E-state index < -0.39 is 4.92 Å². The van der Waals surface area contributed by atoms with Crippen LogP contribution in [0.4, 0.5) is 5.69 Å². The third-order valence-corrected chi connectivity index (χ3v) is 5.93. The fraction of sp³-hybridized carbons (Fsp3) is 0.400. The number of ether oxygens (including phenoxy) is 2. The van der Waals surface area contributed by atoms with Crippen molar-refractivity contribution in [1.82, 2.24) is 0 Å². The van der Waals surface area contributed by atoms with Crippen LogP contribution in [-0.4, -0.2) is 21.9 Å². The Morgan fingerprint density at radius 3 is 2.26 bits per heavy atom. The lowest BCUT2D eigenvalue weighted by Gasteiger charge is -2.39. The second kappa shape index (κ2) is 7.52. The zero-order valence-electron chi connectivity index (χ0n) is 18.4. The van der Waals surface area contributed by atoms with Gasteiger partial charge in [-0.05, 0) is 88.8 Å². The number of hydrogen-bond acceptors (Lipinski definition) is 5. The van der Waals surface area contributed by atoms with Crippen molar-refractivity contribution in [3.63, 3.8) is 0 Å². The minimum absolute atomic E-state index is 0.0192. The number of allylic oxidation sites excluding steroid dienone is 1. The topological polar surface area (TPSA) is 78.7 Å². The van der Waals surface area contributed by atoms with Crippen LogP contribution in [0.3, 0.4) is 0 Å². The van der Waals surface area contributed by atoms with E-state index in [2.05, 4.69) is 13.8 Å². The van der Waals surface area contributed by atoms with Gasteiger partial charge in [0.2, 0.25) is 0 Å². The Morgan fingerprint density at radius 1 is 1.00 bits per heavy atom. The quantitative estimate of drug-likeness (QED) is 0.274. The molecule has 0 bridgehead atoms. The van der Waals surface area contributed by atoms with E-state index >= 15 is 0 Å². The lowest BCUT2D eigenvalue weighted by atomic mass is 9.85. The van der Waals surface area contributed by atoms with Gasteiger partial charge in [0.25, 0.3) is 5.69 Å². The standard InChI is InChI=1S/C25H27NO5/c1-24(2)13-11-17-15-20(23-19(22(17)30-24)12-14-25(3,4)31-23)21(27)10-7-16-5-8-18(9-6-16)26(28)29/h5-10,15H,11-14H2,1-4H3/b10-7+. The molecule has 2 aromatic rings. The van der Waals surface area contributed by atoms with Crippen LogP contribution in [0.15, 0.2) is 36.4 Å². The molecule has 0 saturated carbocycles. The number of nitro groups is 1. The lowest BCUT2D eigenvalue weighted by Crippen LogP contribution is -2.37. The lowest BCUT2D eigenvalue weighted by molar-refractivity contribution is -0.384. The van der Waals surface area contributed by atoms with E-state index in [0.717, 1.165) is 48.1 Å². The Labute approximate surface area is 182 Å². The normalized spacial score (nSPS) is 18.5. The minimum Gasteiger partial charge on any atom is -0.487 e. The molecule has 0 N–H and O–H groups in total. The summed E-state index contributed by atoms with van der Waals surface area (Å²) in [6.07, 6.45) is 6.57. The molecule has 0 fully saturated rings. The summed E-state index contributed by atoms with van der Waals surface area (Å²) < 4.78 is 12.6. The maximum absolute atomic E-state index is 13.2. The van der Waals surface area contributed by atoms with Gasteiger partial charge in [0.05, 0.1) is 10.5 Å². The third-order valence-electron chi connectivity index (χ3n) is 5.93. The molecule has 162 valence electrons. The molecule has 0 aliphatic carbocycles. The Hall–Kier alpha value is -3.15. The van der Waals surface area contributed by atoms with Gasteiger partial charge in [-0.1, -0.05) is 6.08 Å². The highest BCUT2D eigenvalue weighted by Crippen LogP contribution is 2.47. The molecule has 31 heavy (non-hydrogen) atoms. The van der Waals surface area contributed by atoms with E-state index in [1.807, 2.05) is 19.9 Å². The first-order valence-corrected chi connectivity index (χ1v) is 10.6. The van der Waals surface area contributed by atoms with Gasteiger partial charge >= 0.3 is 0 Å². The van der Waals surface area contributed by atoms with Gasteiger partial charge in [0.15, 0.2) is 5.78 Å². The summed E-state index contributed by atoms with van der Waals surface area (Å²) in [4.78, 5) is 23.5. The maximum Gasteiger partial charge on any atom is 0.269 e. The largest absolute Gasteiger partial charge is 0.487 e. The van der Waals surface area contributed by atoms with E-state index in [1.165, 1.54) is 18.2 Å². The van der Waals surface area contributed by atoms with Gasteiger partial charge < -0.3 is 9.47 Å². The average molecular weight is 421 g/mol. The maximum atomic E-state index is 13.2. The molecular weight excluding hydrogens is 394 g/mol. The summed E-state index contributed by atoms with van der Waals surface area (Å²) in [5, 5.41) is 10.8. The summed E-state index contributed by atoms with van der Waals surface area (Å²) in [6, 6.07) is 8.01. The molecule has 0 radical (unpaired) electrons. The van der Waals surface area contributed by atoms with Crippen LogP contribution < -0.4 is 9.47 Å². The molecule has 0 amide bonds. The summed E-state index contributed by atoms with van der Waals surface area (Å²) in [5.74, 6) is 1.34. The summed E-state index contributed by atoms with van der Waals surface area (Å²) in [6.45, 7) is 8.23. The molecule has 0 atom stereocenters. The number of nitro benzene ring substituents is 1. The summed E-state index contributed by atoms with van der Waals surface area (Å²) in [5.41, 5.74) is 2.72. The molecule has 0 saturated heterocycles. The second-order valence-corrected chi connectivity index (χ2v) is 9.49. The number of aryl methyl sites for hydroxylation is 1. The van der Waals surface area contributed by atoms with Crippen LogP contribution in [0.1, 0.15) is 67.6 Å². The number of fused-ring (bicyclic) bond motifs is 3. The predicted octanol–water partition coefficient (Wildman–Crippen LogP) is 5.70. The molecule has 6 heteroatoms. The van der Waals surface area contributed by atoms with Crippen molar-refractivity contribution >= 4 is 17.5 Å². The smallest absolute Gasteiger partial charge is 0.269 e. The van der Waals surface area contributed by atoms with Crippen LogP contribution in [-0.2, 0) is 12.8 Å². The number of carbonyl (C=O) groups is 1. The zero-order chi connectivity index (χ0) is 22.4. The third kappa shape index (κ3) is 4.33. The SMILES string of the molecule is CC1(C)CCc2cc(C(=O)/C=C/c3ccc([N+](=O)[O-])cc3)c3c(c2O1)CCC(C)(C)O3. The Kier molecular flexibility index (Phi) is 5.12. The van der Waals surface area contributed by atoms with Crippen molar-refractivity contribution in [3.05, 3.63) is 68.8 Å². The first-order chi connectivity index (χ1) is 14.5. The van der Waals surface area contributed by atoms with Gasteiger partial charge in [-0.2, -0.15) is 0 Å². The van der Waals surface area contributed by atoms with Crippen molar-refractivity contribution < 1.29 is 19.2 Å². The number of benzene rings is 2. The molecular formula is C25H27NO5. The van der Waals surface area contributed by atoms with Gasteiger partial charge in [-0.15, -0.1) is 0 Å². The van der Waals surface area contributed by atoms with Crippen molar-refractivity contribution in [2.75, 3.05) is 0 Å². The van der Waals surface area contributed by atoms with Gasteiger partial charge in [-0.25, -0.2) is 0 Å². The molecule has 0 spiro atoms. The molecule has 2 aromatic carbocycles. The van der Waals surface area contributed by atoms with Crippen LogP contribution in [0.5, 0.6) is 11.5 Å². The number of non-ortho nitro benzene ring substituents is 1. The average Bonchev–Trinajstić information content (AvgIpc) is 2.70. The number of carbonyl (C=O) groups excluding carboxylic acids is 1. The van der Waals surface area contributed by atoms with Crippen molar-refractivity contribution in [2.45, 2.75) is 64.6 Å². The van der Waals surface area contributed by atoms with E-state index in [-0.39, 0.29) is 22.7 Å². The summed E-state index contributed by atoms with van der Waals surface area (Å²) in [7, 11) is 0. The van der Waals surface area contributed by atoms with Crippen molar-refractivity contribution in [1.29, 1.82) is 0 Å². The van der Waals surface area contributed by atoms with Crippen molar-refractivity contribution in [3.8, 4) is 11.5 Å². The first kappa shape index (κ1) is 21.1. The predicted molar refractivity (Wildman–Crippen MR) is 119 cm³/mol. The summed E-state index contributed by atoms with van der Waals surface area (Å²) >= 11 is 0. The zero-order valence-corrected chi connectivity index (χ0v) is 18.4. The van der Waals surface area contributed by atoms with Crippen LogP contribution in [0.2, 0.25) is 0 Å². The van der Waals surface area contributed by atoms with Crippen molar-refractivity contribution in [2.24, 2.45) is 0 Å². The molecule has 0 aromatic heterocycles. The monoisotopic (exact) mass is 421 g/mol. The molecule has 4 rings (SSSR count). The molecule has 2 heterocycles. The number of nitrogens with zero attached hydrogens (tertiary/aromatic N) is 1. The fourth-order valence-electron chi connectivity index (χ4n) is 4.09. The molecule has 6 nitrogen and oxygen atoms in total. The van der Waals surface area contributed by atoms with Crippen LogP contribution in [0.25, 0.3) is 6.08 Å². The Morgan fingerprint density at radius 2 is 1.61 bits per heavy atom. The first-order valence-electron chi connectivity index (χ1n) is 10.6. The highest BCUT2D eigenvalue weighted by Gasteiger charge is 2.36. The Balaban J connectivity index is 1.70. The van der Waals surface area contributed by atoms with E-state index in [1.54, 1.807) is 18.2 Å². The van der Waals surface area contributed by atoms with Gasteiger partial charge in [0, 0.05) is 17.7 Å². The van der Waals surface area contributed by atoms with E-state index in [9.17, 15) is 14.9 Å². The number of hydrogen-bond donors (Lipinski definition) is 0. The van der Waals surface area contributed by atoms with Crippen LogP contribution >= 0.6 is 0 Å². The van der Waals surface area contributed by atoms with Gasteiger partial charge in [0.1, 0.15) is 22.7 Å². The van der Waals surface area contributed by atoms with Crippen LogP contribution in [0, 0.1) is 10.1 Å². The number of rotatable bonds is 4. The number of ketones is 1. The Bertz CT molecular complexity index is 1080. The highest BCUT2D eigenvalue weighted by atomic mass is 16.6. The molecule has 2 aliphatic heterocycles. The fourth-order valence-corrected chi connectivity index (χ4v) is 4.09. The molecule has 0 unspecified atom stereocenters.